The van der Waals surface area contributed by atoms with Crippen molar-refractivity contribution in [2.75, 3.05) is 49.1 Å². The minimum atomic E-state index is -2.78. The van der Waals surface area contributed by atoms with E-state index in [1.54, 1.807) is 0 Å². The maximum atomic E-state index is 11.6. The summed E-state index contributed by atoms with van der Waals surface area (Å²) in [5, 5.41) is 0.723. The second kappa shape index (κ2) is 9.58. The molecular formula is C23H29ClN2O3S. The number of ether oxygens (including phenoxy) is 1. The first-order valence-corrected chi connectivity index (χ1v) is 12.8. The average molecular weight is 449 g/mol. The highest BCUT2D eigenvalue weighted by atomic mass is 35.5. The summed E-state index contributed by atoms with van der Waals surface area (Å²) in [6.07, 6.45) is 1.63. The van der Waals surface area contributed by atoms with Crippen LogP contribution in [0.25, 0.3) is 0 Å². The summed E-state index contributed by atoms with van der Waals surface area (Å²) in [6, 6.07) is 16.0. The van der Waals surface area contributed by atoms with Crippen LogP contribution in [0, 0.1) is 5.92 Å². The number of piperazine rings is 1. The summed E-state index contributed by atoms with van der Waals surface area (Å²) < 4.78 is 29.2. The van der Waals surface area contributed by atoms with Gasteiger partial charge in [0.25, 0.3) is 0 Å². The number of anilines is 1. The molecule has 0 aliphatic carbocycles. The Labute approximate surface area is 184 Å². The standard InChI is InChI=1S/C23H29ClN2O3S/c24-23-7-2-1-4-20(23)18-29-22-6-3-5-21(16-22)26-12-10-25(11-13-26)17-19-8-14-30(27,28)15-9-19/h1-7,16,19H,8-15,17-18H2. The quantitative estimate of drug-likeness (QED) is 0.671. The molecule has 0 N–H and O–H groups in total. The number of nitrogens with zero attached hydrogens (tertiary/aromatic N) is 2. The minimum Gasteiger partial charge on any atom is -0.489 e. The van der Waals surface area contributed by atoms with Crippen LogP contribution in [0.1, 0.15) is 18.4 Å². The van der Waals surface area contributed by atoms with Crippen LogP contribution < -0.4 is 9.64 Å². The van der Waals surface area contributed by atoms with Crippen molar-refractivity contribution in [3.05, 3.63) is 59.1 Å². The molecule has 2 aliphatic heterocycles. The van der Waals surface area contributed by atoms with Crippen LogP contribution in [0.5, 0.6) is 5.75 Å². The lowest BCUT2D eigenvalue weighted by Crippen LogP contribution is -2.48. The van der Waals surface area contributed by atoms with E-state index in [-0.39, 0.29) is 0 Å². The monoisotopic (exact) mass is 448 g/mol. The molecule has 0 atom stereocenters. The molecule has 0 bridgehead atoms. The van der Waals surface area contributed by atoms with Gasteiger partial charge < -0.3 is 9.64 Å². The second-order valence-electron chi connectivity index (χ2n) is 8.26. The molecule has 7 heteroatoms. The molecule has 0 saturated carbocycles. The van der Waals surface area contributed by atoms with E-state index >= 15 is 0 Å². The number of hydrogen-bond acceptors (Lipinski definition) is 5. The number of hydrogen-bond donors (Lipinski definition) is 0. The van der Waals surface area contributed by atoms with E-state index in [4.69, 9.17) is 16.3 Å². The van der Waals surface area contributed by atoms with Crippen molar-refractivity contribution in [2.24, 2.45) is 5.92 Å². The van der Waals surface area contributed by atoms with Gasteiger partial charge in [-0.1, -0.05) is 35.9 Å². The topological polar surface area (TPSA) is 49.9 Å². The van der Waals surface area contributed by atoms with Crippen molar-refractivity contribution < 1.29 is 13.2 Å². The third-order valence-electron chi connectivity index (χ3n) is 6.10. The molecule has 2 saturated heterocycles. The Morgan fingerprint density at radius 2 is 1.70 bits per heavy atom. The highest BCUT2D eigenvalue weighted by molar-refractivity contribution is 7.91. The highest BCUT2D eigenvalue weighted by Gasteiger charge is 2.26. The Bertz CT molecular complexity index is 944. The Balaban J connectivity index is 1.27. The predicted molar refractivity (Wildman–Crippen MR) is 122 cm³/mol. The first-order chi connectivity index (χ1) is 14.5. The van der Waals surface area contributed by atoms with Gasteiger partial charge in [0.1, 0.15) is 22.2 Å². The summed E-state index contributed by atoms with van der Waals surface area (Å²) in [7, 11) is -2.78. The predicted octanol–water partition coefficient (Wildman–Crippen LogP) is 3.87. The first kappa shape index (κ1) is 21.5. The third kappa shape index (κ3) is 5.68. The zero-order chi connectivity index (χ0) is 21.0. The summed E-state index contributed by atoms with van der Waals surface area (Å²) in [5.41, 5.74) is 2.16. The lowest BCUT2D eigenvalue weighted by Gasteiger charge is -2.38. The van der Waals surface area contributed by atoms with Crippen LogP contribution in [0.3, 0.4) is 0 Å². The van der Waals surface area contributed by atoms with Gasteiger partial charge in [0.15, 0.2) is 0 Å². The van der Waals surface area contributed by atoms with E-state index in [1.807, 2.05) is 36.4 Å². The maximum absolute atomic E-state index is 11.6. The van der Waals surface area contributed by atoms with Gasteiger partial charge in [-0.15, -0.1) is 0 Å². The van der Waals surface area contributed by atoms with Gasteiger partial charge in [-0.2, -0.15) is 0 Å². The van der Waals surface area contributed by atoms with Crippen LogP contribution >= 0.6 is 11.6 Å². The average Bonchev–Trinajstić information content (AvgIpc) is 2.75. The molecule has 30 heavy (non-hydrogen) atoms. The molecule has 162 valence electrons. The van der Waals surface area contributed by atoms with Gasteiger partial charge in [0.2, 0.25) is 0 Å². The lowest BCUT2D eigenvalue weighted by atomic mass is 10.0. The Morgan fingerprint density at radius 3 is 2.43 bits per heavy atom. The largest absolute Gasteiger partial charge is 0.489 e. The molecule has 2 fully saturated rings. The van der Waals surface area contributed by atoms with Gasteiger partial charge in [0, 0.05) is 55.1 Å². The van der Waals surface area contributed by atoms with Gasteiger partial charge in [-0.05, 0) is 37.0 Å². The van der Waals surface area contributed by atoms with Gasteiger partial charge in [0.05, 0.1) is 11.5 Å². The number of sulfone groups is 1. The van der Waals surface area contributed by atoms with Crippen LogP contribution in [0.2, 0.25) is 5.02 Å². The molecule has 2 aromatic carbocycles. The molecule has 0 unspecified atom stereocenters. The molecule has 0 spiro atoms. The van der Waals surface area contributed by atoms with E-state index in [0.717, 1.165) is 61.9 Å². The molecule has 0 radical (unpaired) electrons. The van der Waals surface area contributed by atoms with Crippen molar-refractivity contribution in [1.82, 2.24) is 4.90 Å². The zero-order valence-electron chi connectivity index (χ0n) is 17.2. The molecule has 4 rings (SSSR count). The SMILES string of the molecule is O=S1(=O)CCC(CN2CCN(c3cccc(OCc4ccccc4Cl)c3)CC2)CC1. The minimum absolute atomic E-state index is 0.360. The fourth-order valence-corrected chi connectivity index (χ4v) is 6.00. The van der Waals surface area contributed by atoms with Crippen LogP contribution in [0.4, 0.5) is 5.69 Å². The van der Waals surface area contributed by atoms with E-state index in [0.29, 0.717) is 24.0 Å². The Kier molecular flexibility index (Phi) is 6.86. The molecular weight excluding hydrogens is 420 g/mol. The normalized spacial score (nSPS) is 20.2. The summed E-state index contributed by atoms with van der Waals surface area (Å²) in [6.45, 7) is 5.43. The molecule has 2 heterocycles. The van der Waals surface area contributed by atoms with Gasteiger partial charge >= 0.3 is 0 Å². The molecule has 2 aliphatic rings. The molecule has 0 aromatic heterocycles. The number of halogens is 1. The maximum Gasteiger partial charge on any atom is 0.150 e. The fourth-order valence-electron chi connectivity index (χ4n) is 4.22. The van der Waals surface area contributed by atoms with Crippen LogP contribution in [0.15, 0.2) is 48.5 Å². The number of benzene rings is 2. The summed E-state index contributed by atoms with van der Waals surface area (Å²) in [4.78, 5) is 4.88. The van der Waals surface area contributed by atoms with Gasteiger partial charge in [-0.3, -0.25) is 4.90 Å². The van der Waals surface area contributed by atoms with E-state index < -0.39 is 9.84 Å². The van der Waals surface area contributed by atoms with Crippen molar-refractivity contribution in [3.63, 3.8) is 0 Å². The molecule has 5 nitrogen and oxygen atoms in total. The van der Waals surface area contributed by atoms with Crippen molar-refractivity contribution in [3.8, 4) is 5.75 Å². The lowest BCUT2D eigenvalue weighted by molar-refractivity contribution is 0.211. The summed E-state index contributed by atoms with van der Waals surface area (Å²) >= 11 is 6.22. The molecule has 2 aromatic rings. The van der Waals surface area contributed by atoms with E-state index in [9.17, 15) is 8.42 Å². The molecule has 0 amide bonds. The second-order valence-corrected chi connectivity index (χ2v) is 11.0. The van der Waals surface area contributed by atoms with Gasteiger partial charge in [-0.25, -0.2) is 8.42 Å². The van der Waals surface area contributed by atoms with Crippen LogP contribution in [-0.4, -0.2) is 57.5 Å². The van der Waals surface area contributed by atoms with Crippen molar-refractivity contribution >= 4 is 27.1 Å². The van der Waals surface area contributed by atoms with E-state index in [2.05, 4.69) is 21.9 Å². The first-order valence-electron chi connectivity index (χ1n) is 10.6. The fraction of sp³-hybridized carbons (Fsp3) is 0.478. The third-order valence-corrected chi connectivity index (χ3v) is 8.18. The zero-order valence-corrected chi connectivity index (χ0v) is 18.7. The number of rotatable bonds is 6. The highest BCUT2D eigenvalue weighted by Crippen LogP contribution is 2.25. The Morgan fingerprint density at radius 1 is 0.967 bits per heavy atom. The van der Waals surface area contributed by atoms with Crippen molar-refractivity contribution in [2.45, 2.75) is 19.4 Å². The Hall–Kier alpha value is -1.76. The van der Waals surface area contributed by atoms with Crippen LogP contribution in [-0.2, 0) is 16.4 Å². The van der Waals surface area contributed by atoms with Crippen molar-refractivity contribution in [1.29, 1.82) is 0 Å². The summed E-state index contributed by atoms with van der Waals surface area (Å²) in [5.74, 6) is 2.08. The van der Waals surface area contributed by atoms with E-state index in [1.165, 1.54) is 5.69 Å². The smallest absolute Gasteiger partial charge is 0.150 e.